The second-order valence-corrected chi connectivity index (χ2v) is 17.4. The van der Waals surface area contributed by atoms with Gasteiger partial charge in [0.1, 0.15) is 0 Å². The lowest BCUT2D eigenvalue weighted by molar-refractivity contribution is 1.13. The van der Waals surface area contributed by atoms with Crippen molar-refractivity contribution in [2.24, 2.45) is 0 Å². The lowest BCUT2D eigenvalue weighted by Crippen LogP contribution is -1.97. The summed E-state index contributed by atoms with van der Waals surface area (Å²) in [7, 11) is 0. The Morgan fingerprint density at radius 1 is 0.194 bits per heavy atom. The largest absolute Gasteiger partial charge is 0.309 e. The highest BCUT2D eigenvalue weighted by Crippen LogP contribution is 2.39. The molecule has 0 radical (unpaired) electrons. The molecule has 0 aliphatic carbocycles. The first-order valence-electron chi connectivity index (χ1n) is 23.0. The molecule has 3 aromatic heterocycles. The maximum atomic E-state index is 2.38. The Hall–Kier alpha value is -8.92. The lowest BCUT2D eigenvalue weighted by Gasteiger charge is -2.15. The van der Waals surface area contributed by atoms with E-state index in [1.807, 2.05) is 0 Å². The first kappa shape index (κ1) is 38.5. The Labute approximate surface area is 389 Å². The van der Waals surface area contributed by atoms with Crippen LogP contribution < -0.4 is 0 Å². The minimum absolute atomic E-state index is 1.13. The molecule has 13 aromatic rings. The highest BCUT2D eigenvalue weighted by Gasteiger charge is 2.17. The number of rotatable bonds is 8. The number of para-hydroxylation sites is 4. The Balaban J connectivity index is 0.926. The molecule has 3 heterocycles. The van der Waals surface area contributed by atoms with E-state index in [1.165, 1.54) is 77.3 Å². The van der Waals surface area contributed by atoms with Crippen LogP contribution in [0, 0.1) is 0 Å². The van der Waals surface area contributed by atoms with Crippen LogP contribution in [0.5, 0.6) is 0 Å². The highest BCUT2D eigenvalue weighted by molar-refractivity contribution is 6.09. The van der Waals surface area contributed by atoms with Gasteiger partial charge >= 0.3 is 0 Å². The van der Waals surface area contributed by atoms with Crippen molar-refractivity contribution < 1.29 is 0 Å². The Bertz CT molecular complexity index is 3690. The van der Waals surface area contributed by atoms with E-state index in [1.54, 1.807) is 0 Å². The summed E-state index contributed by atoms with van der Waals surface area (Å²) in [5, 5.41) is 4.97. The van der Waals surface area contributed by atoms with Gasteiger partial charge in [0.2, 0.25) is 0 Å². The molecule has 0 saturated heterocycles. The molecule has 314 valence electrons. The minimum atomic E-state index is 1.13. The number of benzene rings is 10. The zero-order valence-electron chi connectivity index (χ0n) is 36.7. The third-order valence-corrected chi connectivity index (χ3v) is 13.5. The smallest absolute Gasteiger partial charge is 0.0541 e. The van der Waals surface area contributed by atoms with E-state index in [0.717, 1.165) is 39.3 Å². The van der Waals surface area contributed by atoms with Crippen LogP contribution in [0.1, 0.15) is 0 Å². The van der Waals surface area contributed by atoms with Gasteiger partial charge in [-0.15, -0.1) is 0 Å². The van der Waals surface area contributed by atoms with E-state index in [2.05, 4.69) is 275 Å². The Morgan fingerprint density at radius 3 is 0.896 bits per heavy atom. The first-order chi connectivity index (χ1) is 33.2. The lowest BCUT2D eigenvalue weighted by atomic mass is 9.93. The van der Waals surface area contributed by atoms with Crippen molar-refractivity contribution in [3.8, 4) is 73.0 Å². The molecule has 13 rings (SSSR count). The van der Waals surface area contributed by atoms with Crippen LogP contribution in [0.4, 0.5) is 0 Å². The number of hydrogen-bond donors (Lipinski definition) is 0. The van der Waals surface area contributed by atoms with Crippen molar-refractivity contribution in [2.45, 2.75) is 0 Å². The van der Waals surface area contributed by atoms with E-state index < -0.39 is 0 Å². The summed E-state index contributed by atoms with van der Waals surface area (Å²) in [6, 6.07) is 95.0. The molecular weight excluding hydrogens is 811 g/mol. The highest BCUT2D eigenvalue weighted by atomic mass is 15.0. The van der Waals surface area contributed by atoms with Gasteiger partial charge in [0.05, 0.1) is 33.5 Å². The third kappa shape index (κ3) is 6.67. The molecular formula is C64H43N3. The standard InChI is InChI=1S/C64H43N3/c1-3-15-47(16-4-1)63-42-49-19-7-11-23-59(49)65(63)54-33-27-44(28-34-54)51-39-52(45-29-35-55(36-30-45)66-60-24-12-8-20-50(60)43-64(66)48-17-5-2-6-18-48)41-53(40-51)46-31-37-56(38-32-46)67-61-25-13-9-21-57(61)58-22-10-14-26-62(58)67/h1-43H. The van der Waals surface area contributed by atoms with Crippen LogP contribution in [0.2, 0.25) is 0 Å². The average molecular weight is 854 g/mol. The SMILES string of the molecule is c1ccc(-c2cc3ccccc3n2-c2ccc(-c3cc(-c4ccc(-n5c(-c6ccccc6)cc6ccccc65)cc4)cc(-c4ccc(-n5c6ccccc6c6ccccc65)cc4)c3)cc2)cc1. The molecule has 0 unspecified atom stereocenters. The van der Waals surface area contributed by atoms with Crippen LogP contribution in [-0.4, -0.2) is 13.7 Å². The van der Waals surface area contributed by atoms with Crippen LogP contribution in [0.25, 0.3) is 117 Å². The van der Waals surface area contributed by atoms with E-state index in [4.69, 9.17) is 0 Å². The molecule has 10 aromatic carbocycles. The molecule has 3 heteroatoms. The molecule has 0 aliphatic heterocycles. The van der Waals surface area contributed by atoms with Crippen LogP contribution >= 0.6 is 0 Å². The minimum Gasteiger partial charge on any atom is -0.309 e. The molecule has 67 heavy (non-hydrogen) atoms. The maximum absolute atomic E-state index is 2.38. The van der Waals surface area contributed by atoms with Gasteiger partial charge in [0.25, 0.3) is 0 Å². The molecule has 0 saturated carbocycles. The molecule has 0 fully saturated rings. The average Bonchev–Trinajstić information content (AvgIpc) is 4.10. The van der Waals surface area contributed by atoms with Gasteiger partial charge in [0, 0.05) is 38.6 Å². The molecule has 0 N–H and O–H groups in total. The van der Waals surface area contributed by atoms with Crippen LogP contribution in [0.3, 0.4) is 0 Å². The quantitative estimate of drug-likeness (QED) is 0.145. The van der Waals surface area contributed by atoms with E-state index in [0.29, 0.717) is 0 Å². The maximum Gasteiger partial charge on any atom is 0.0541 e. The number of nitrogens with zero attached hydrogens (tertiary/aromatic N) is 3. The number of hydrogen-bond acceptors (Lipinski definition) is 0. The fourth-order valence-corrected chi connectivity index (χ4v) is 10.2. The van der Waals surface area contributed by atoms with Crippen LogP contribution in [0.15, 0.2) is 261 Å². The third-order valence-electron chi connectivity index (χ3n) is 13.5. The van der Waals surface area contributed by atoms with Gasteiger partial charge in [-0.2, -0.15) is 0 Å². The summed E-state index contributed by atoms with van der Waals surface area (Å²) in [5.41, 5.74) is 19.9. The van der Waals surface area contributed by atoms with Crippen molar-refractivity contribution in [1.29, 1.82) is 0 Å². The normalized spacial score (nSPS) is 11.6. The van der Waals surface area contributed by atoms with Crippen molar-refractivity contribution in [3.05, 3.63) is 261 Å². The molecule has 0 aliphatic rings. The predicted octanol–water partition coefficient (Wildman–Crippen LogP) is 17.0. The molecule has 0 atom stereocenters. The Morgan fingerprint density at radius 2 is 0.507 bits per heavy atom. The van der Waals surface area contributed by atoms with Crippen molar-refractivity contribution in [1.82, 2.24) is 13.7 Å². The summed E-state index contributed by atoms with van der Waals surface area (Å²) in [6.07, 6.45) is 0. The van der Waals surface area contributed by atoms with Gasteiger partial charge in [-0.1, -0.05) is 170 Å². The van der Waals surface area contributed by atoms with Gasteiger partial charge < -0.3 is 13.7 Å². The van der Waals surface area contributed by atoms with Gasteiger partial charge in [0.15, 0.2) is 0 Å². The number of aromatic nitrogens is 3. The van der Waals surface area contributed by atoms with Crippen molar-refractivity contribution >= 4 is 43.6 Å². The molecule has 0 spiro atoms. The Kier molecular flexibility index (Phi) is 9.17. The summed E-state index contributed by atoms with van der Waals surface area (Å²) in [4.78, 5) is 0. The summed E-state index contributed by atoms with van der Waals surface area (Å²) in [5.74, 6) is 0. The topological polar surface area (TPSA) is 14.8 Å². The fourth-order valence-electron chi connectivity index (χ4n) is 10.2. The van der Waals surface area contributed by atoms with Gasteiger partial charge in [-0.25, -0.2) is 0 Å². The molecule has 0 bridgehead atoms. The molecule has 0 amide bonds. The van der Waals surface area contributed by atoms with Gasteiger partial charge in [-0.05, 0) is 136 Å². The zero-order valence-corrected chi connectivity index (χ0v) is 36.7. The van der Waals surface area contributed by atoms with E-state index in [9.17, 15) is 0 Å². The van der Waals surface area contributed by atoms with Crippen molar-refractivity contribution in [2.75, 3.05) is 0 Å². The summed E-state index contributed by atoms with van der Waals surface area (Å²) in [6.45, 7) is 0. The van der Waals surface area contributed by atoms with Crippen molar-refractivity contribution in [3.63, 3.8) is 0 Å². The number of fused-ring (bicyclic) bond motifs is 5. The zero-order chi connectivity index (χ0) is 44.3. The van der Waals surface area contributed by atoms with Gasteiger partial charge in [-0.3, -0.25) is 0 Å². The monoisotopic (exact) mass is 853 g/mol. The summed E-state index contributed by atoms with van der Waals surface area (Å²) < 4.78 is 7.15. The predicted molar refractivity (Wildman–Crippen MR) is 282 cm³/mol. The molecule has 3 nitrogen and oxygen atoms in total. The van der Waals surface area contributed by atoms with E-state index in [-0.39, 0.29) is 0 Å². The summed E-state index contributed by atoms with van der Waals surface area (Å²) >= 11 is 0. The van der Waals surface area contributed by atoms with Crippen LogP contribution in [-0.2, 0) is 0 Å². The van der Waals surface area contributed by atoms with E-state index >= 15 is 0 Å². The fraction of sp³-hybridized carbons (Fsp3) is 0. The first-order valence-corrected chi connectivity index (χ1v) is 23.0. The second-order valence-electron chi connectivity index (χ2n) is 17.4. The second kappa shape index (κ2) is 16.0.